The summed E-state index contributed by atoms with van der Waals surface area (Å²) in [6.45, 7) is 2.39. The van der Waals surface area contributed by atoms with Gasteiger partial charge in [0.15, 0.2) is 0 Å². The van der Waals surface area contributed by atoms with Gasteiger partial charge in [0, 0.05) is 20.8 Å². The summed E-state index contributed by atoms with van der Waals surface area (Å²) in [5, 5.41) is 5.70. The third kappa shape index (κ3) is 3.78. The van der Waals surface area contributed by atoms with Crippen LogP contribution in [-0.2, 0) is 0 Å². The van der Waals surface area contributed by atoms with E-state index < -0.39 is 0 Å². The molecule has 96 valence electrons. The van der Waals surface area contributed by atoms with Crippen molar-refractivity contribution in [1.29, 1.82) is 0 Å². The van der Waals surface area contributed by atoms with Crippen molar-refractivity contribution in [3.63, 3.8) is 0 Å². The molecule has 0 saturated carbocycles. The van der Waals surface area contributed by atoms with E-state index in [1.54, 1.807) is 0 Å². The largest absolute Gasteiger partial charge is 0.316 e. The highest BCUT2D eigenvalue weighted by atomic mass is 79.9. The van der Waals surface area contributed by atoms with Crippen LogP contribution in [0.5, 0.6) is 0 Å². The Hall–Kier alpha value is 0.1000. The Morgan fingerprint density at radius 2 is 2.41 bits per heavy atom. The monoisotopic (exact) mass is 316 g/mol. The van der Waals surface area contributed by atoms with Crippen molar-refractivity contribution in [2.75, 3.05) is 27.2 Å². The summed E-state index contributed by atoms with van der Waals surface area (Å²) in [7, 11) is 4.38. The van der Waals surface area contributed by atoms with E-state index in [2.05, 4.69) is 51.7 Å². The first-order valence-corrected chi connectivity index (χ1v) is 7.95. The van der Waals surface area contributed by atoms with E-state index in [1.807, 2.05) is 11.3 Å². The zero-order valence-electron chi connectivity index (χ0n) is 10.6. The van der Waals surface area contributed by atoms with E-state index in [4.69, 9.17) is 0 Å². The predicted molar refractivity (Wildman–Crippen MR) is 78.7 cm³/mol. The van der Waals surface area contributed by atoms with Gasteiger partial charge in [-0.25, -0.2) is 0 Å². The third-order valence-corrected chi connectivity index (χ3v) is 5.29. The first-order valence-electron chi connectivity index (χ1n) is 6.28. The summed E-state index contributed by atoms with van der Waals surface area (Å²) in [5.41, 5.74) is 0. The van der Waals surface area contributed by atoms with Crippen LogP contribution in [-0.4, -0.2) is 32.1 Å². The molecule has 17 heavy (non-hydrogen) atoms. The first-order chi connectivity index (χ1) is 8.16. The number of hydrogen-bond donors (Lipinski definition) is 1. The minimum atomic E-state index is 0.566. The first kappa shape index (κ1) is 13.5. The van der Waals surface area contributed by atoms with Crippen molar-refractivity contribution in [2.24, 2.45) is 5.92 Å². The highest BCUT2D eigenvalue weighted by Crippen LogP contribution is 2.34. The molecule has 1 aromatic heterocycles. The molecule has 1 aromatic rings. The maximum absolute atomic E-state index is 3.55. The second-order valence-electron chi connectivity index (χ2n) is 5.09. The lowest BCUT2D eigenvalue weighted by molar-refractivity contribution is 0.228. The maximum atomic E-state index is 3.55. The number of piperidine rings is 1. The third-order valence-electron chi connectivity index (χ3n) is 3.50. The molecule has 2 heterocycles. The molecule has 1 saturated heterocycles. The number of nitrogens with one attached hydrogen (secondary N) is 1. The molecule has 1 aliphatic rings. The van der Waals surface area contributed by atoms with Gasteiger partial charge in [-0.15, -0.1) is 11.3 Å². The van der Waals surface area contributed by atoms with Gasteiger partial charge in [0.05, 0.1) is 0 Å². The average molecular weight is 317 g/mol. The lowest BCUT2D eigenvalue weighted by atomic mass is 9.91. The molecule has 2 atom stereocenters. The molecule has 2 unspecified atom stereocenters. The number of nitrogens with zero attached hydrogens (tertiary/aromatic N) is 1. The summed E-state index contributed by atoms with van der Waals surface area (Å²) < 4.78 is 1.21. The van der Waals surface area contributed by atoms with Gasteiger partial charge in [0.25, 0.3) is 0 Å². The Bertz CT molecular complexity index is 345. The summed E-state index contributed by atoms with van der Waals surface area (Å²) in [6.07, 6.45) is 3.98. The molecule has 1 aliphatic heterocycles. The van der Waals surface area contributed by atoms with E-state index in [1.165, 1.54) is 41.7 Å². The smallest absolute Gasteiger partial charge is 0.0438 e. The minimum Gasteiger partial charge on any atom is -0.316 e. The zero-order valence-corrected chi connectivity index (χ0v) is 13.0. The molecule has 2 nitrogen and oxygen atoms in total. The van der Waals surface area contributed by atoms with Crippen LogP contribution >= 0.6 is 27.3 Å². The highest BCUT2D eigenvalue weighted by Gasteiger charge is 2.22. The number of thiophene rings is 1. The van der Waals surface area contributed by atoms with E-state index in [-0.39, 0.29) is 0 Å². The molecule has 0 aromatic carbocycles. The average Bonchev–Trinajstić information content (AvgIpc) is 2.73. The van der Waals surface area contributed by atoms with Crippen molar-refractivity contribution >= 4 is 27.3 Å². The molecule has 1 N–H and O–H groups in total. The molecule has 0 amide bonds. The standard InChI is InChI=1S/C13H21BrN2S/c1-16(2)12(13-7-11(14)9-17-13)6-10-4-3-5-15-8-10/h7,9-10,12,15H,3-6,8H2,1-2H3. The molecule has 0 radical (unpaired) electrons. The predicted octanol–water partition coefficient (Wildman–Crippen LogP) is 3.50. The molecule has 4 heteroatoms. The molecule has 2 rings (SSSR count). The molecule has 0 spiro atoms. The van der Waals surface area contributed by atoms with Gasteiger partial charge in [-0.1, -0.05) is 0 Å². The normalized spacial score (nSPS) is 22.9. The zero-order chi connectivity index (χ0) is 12.3. The maximum Gasteiger partial charge on any atom is 0.0438 e. The topological polar surface area (TPSA) is 15.3 Å². The van der Waals surface area contributed by atoms with Crippen molar-refractivity contribution in [1.82, 2.24) is 10.2 Å². The SMILES string of the molecule is CN(C)C(CC1CCCNC1)c1cc(Br)cs1. The van der Waals surface area contributed by atoms with Crippen LogP contribution in [0.25, 0.3) is 0 Å². The van der Waals surface area contributed by atoms with Crippen LogP contribution in [0.3, 0.4) is 0 Å². The van der Waals surface area contributed by atoms with Crippen molar-refractivity contribution < 1.29 is 0 Å². The Morgan fingerprint density at radius 1 is 1.59 bits per heavy atom. The molecule has 1 fully saturated rings. The quantitative estimate of drug-likeness (QED) is 0.914. The fraction of sp³-hybridized carbons (Fsp3) is 0.692. The van der Waals surface area contributed by atoms with Gasteiger partial charge < -0.3 is 10.2 Å². The molecular formula is C13H21BrN2S. The lowest BCUT2D eigenvalue weighted by Gasteiger charge is -2.30. The summed E-state index contributed by atoms with van der Waals surface area (Å²) in [5.74, 6) is 0.831. The summed E-state index contributed by atoms with van der Waals surface area (Å²) in [6, 6.07) is 2.84. The van der Waals surface area contributed by atoms with Gasteiger partial charge >= 0.3 is 0 Å². The van der Waals surface area contributed by atoms with Crippen LogP contribution in [0.15, 0.2) is 15.9 Å². The van der Waals surface area contributed by atoms with Crippen LogP contribution in [0.4, 0.5) is 0 Å². The number of rotatable bonds is 4. The Labute approximate surface area is 117 Å². The minimum absolute atomic E-state index is 0.566. The second kappa shape index (κ2) is 6.32. The van der Waals surface area contributed by atoms with Crippen LogP contribution in [0.1, 0.15) is 30.2 Å². The van der Waals surface area contributed by atoms with Crippen molar-refractivity contribution in [3.8, 4) is 0 Å². The molecular weight excluding hydrogens is 296 g/mol. The summed E-state index contributed by atoms with van der Waals surface area (Å²) >= 11 is 5.42. The number of hydrogen-bond acceptors (Lipinski definition) is 3. The highest BCUT2D eigenvalue weighted by molar-refractivity contribution is 9.10. The van der Waals surface area contributed by atoms with E-state index in [0.29, 0.717) is 6.04 Å². The number of halogens is 1. The Kier molecular flexibility index (Phi) is 5.03. The Balaban J connectivity index is 2.01. The van der Waals surface area contributed by atoms with Gasteiger partial charge in [-0.05, 0) is 74.4 Å². The molecule has 0 aliphatic carbocycles. The van der Waals surface area contributed by atoms with Crippen LogP contribution in [0, 0.1) is 5.92 Å². The fourth-order valence-corrected chi connectivity index (χ4v) is 4.18. The van der Waals surface area contributed by atoms with E-state index in [0.717, 1.165) is 5.92 Å². The van der Waals surface area contributed by atoms with Crippen molar-refractivity contribution in [3.05, 3.63) is 20.8 Å². The van der Waals surface area contributed by atoms with Crippen molar-refractivity contribution in [2.45, 2.75) is 25.3 Å². The molecule has 0 bridgehead atoms. The van der Waals surface area contributed by atoms with E-state index in [9.17, 15) is 0 Å². The Morgan fingerprint density at radius 3 is 2.94 bits per heavy atom. The fourth-order valence-electron chi connectivity index (χ4n) is 2.53. The van der Waals surface area contributed by atoms with Gasteiger partial charge in [-0.3, -0.25) is 0 Å². The van der Waals surface area contributed by atoms with Gasteiger partial charge in [0.2, 0.25) is 0 Å². The lowest BCUT2D eigenvalue weighted by Crippen LogP contribution is -2.32. The second-order valence-corrected chi connectivity index (χ2v) is 6.95. The van der Waals surface area contributed by atoms with Gasteiger partial charge in [0.1, 0.15) is 0 Å². The van der Waals surface area contributed by atoms with Crippen LogP contribution in [0.2, 0.25) is 0 Å². The van der Waals surface area contributed by atoms with Crippen LogP contribution < -0.4 is 5.32 Å². The van der Waals surface area contributed by atoms with Gasteiger partial charge in [-0.2, -0.15) is 0 Å². The summed E-state index contributed by atoms with van der Waals surface area (Å²) in [4.78, 5) is 3.83. The van der Waals surface area contributed by atoms with E-state index >= 15 is 0 Å².